The van der Waals surface area contributed by atoms with Crippen LogP contribution in [0.5, 0.6) is 17.2 Å². The zero-order chi connectivity index (χ0) is 105. The summed E-state index contributed by atoms with van der Waals surface area (Å²) < 4.78 is 135. The normalized spacial score (nSPS) is 25.0. The molecule has 5 saturated carbocycles. The average molecular weight is 2010 g/mol. The molecule has 25 nitrogen and oxygen atoms in total. The molecule has 0 radical (unpaired) electrons. The minimum absolute atomic E-state index is 0.00100. The predicted molar refractivity (Wildman–Crippen MR) is 533 cm³/mol. The number of fused-ring (bicyclic) bond motifs is 5. The molecule has 14 unspecified atom stereocenters. The van der Waals surface area contributed by atoms with Gasteiger partial charge in [0.15, 0.2) is 38.7 Å². The highest BCUT2D eigenvalue weighted by Gasteiger charge is 2.68. The fourth-order valence-electron chi connectivity index (χ4n) is 18.7. The minimum atomic E-state index is -5.27. The highest BCUT2D eigenvalue weighted by molar-refractivity contribution is 7.85. The lowest BCUT2D eigenvalue weighted by atomic mass is 9.48. The van der Waals surface area contributed by atoms with E-state index in [1.54, 1.807) is 52.0 Å². The Labute approximate surface area is 835 Å². The monoisotopic (exact) mass is 2010 g/mol. The molecule has 14 atom stereocenters. The molecule has 11 fully saturated rings. The Bertz CT molecular complexity index is 5300. The summed E-state index contributed by atoms with van der Waals surface area (Å²) in [6.07, 6.45) is 3.93. The van der Waals surface area contributed by atoms with Crippen LogP contribution in [0.1, 0.15) is 317 Å². The van der Waals surface area contributed by atoms with Gasteiger partial charge in [-0.15, -0.1) is 0 Å². The third kappa shape index (κ3) is 28.3. The first-order chi connectivity index (χ1) is 65.5. The predicted octanol–water partition coefficient (Wildman–Crippen LogP) is 23.9. The molecule has 5 aliphatic carbocycles. The molecule has 782 valence electrons. The highest BCUT2D eigenvalue weighted by Crippen LogP contribution is 2.64. The van der Waals surface area contributed by atoms with E-state index in [-0.39, 0.29) is 135 Å². The molecule has 8 bridgehead atoms. The molecule has 1 aromatic heterocycles. The van der Waals surface area contributed by atoms with Gasteiger partial charge in [-0.1, -0.05) is 117 Å². The van der Waals surface area contributed by atoms with E-state index in [1.807, 2.05) is 144 Å². The second kappa shape index (κ2) is 46.0. The van der Waals surface area contributed by atoms with Crippen LogP contribution in [0.3, 0.4) is 0 Å². The van der Waals surface area contributed by atoms with Gasteiger partial charge in [0.2, 0.25) is 6.10 Å². The molecule has 5 aromatic carbocycles. The summed E-state index contributed by atoms with van der Waals surface area (Å²) in [4.78, 5) is 110. The zero-order valence-electron chi connectivity index (χ0n) is 87.6. The molecule has 6 aromatic rings. The van der Waals surface area contributed by atoms with Crippen LogP contribution >= 0.6 is 10.5 Å². The fourth-order valence-corrected chi connectivity index (χ4v) is 21.7. The van der Waals surface area contributed by atoms with Gasteiger partial charge in [-0.05, 0) is 335 Å². The lowest BCUT2D eigenvalue weighted by molar-refractivity contribution is -0.239. The van der Waals surface area contributed by atoms with Crippen LogP contribution in [0.4, 0.5) is 13.2 Å². The number of phenolic OH excluding ortho intramolecular Hbond substituents is 2. The van der Waals surface area contributed by atoms with E-state index in [2.05, 4.69) is 104 Å². The number of ether oxygens (including phenoxy) is 11. The number of hydrogen-bond acceptors (Lipinski definition) is 25. The number of carbonyl (C=O) groups excluding carboxylic acids is 9. The minimum Gasteiger partial charge on any atom is -0.748 e. The first kappa shape index (κ1) is 115. The fraction of sp³-hybridized carbons (Fsp3) is 0.649. The first-order valence-electron chi connectivity index (χ1n) is 50.3. The molecular weight excluding hydrogens is 1850 g/mol. The molecular formula is C111H155F3O25S2. The maximum atomic E-state index is 13.3. The smallest absolute Gasteiger partial charge is 0.426 e. The third-order valence-electron chi connectivity index (χ3n) is 30.8. The quantitative estimate of drug-likeness (QED) is 0.0167. The lowest BCUT2D eigenvalue weighted by Crippen LogP contribution is -2.61. The molecule has 2 N–H and O–H groups in total. The summed E-state index contributed by atoms with van der Waals surface area (Å²) in [5.41, 5.74) is -2.93. The number of benzene rings is 5. The number of halogens is 3. The van der Waals surface area contributed by atoms with Gasteiger partial charge in [-0.25, -0.2) is 8.42 Å². The van der Waals surface area contributed by atoms with Gasteiger partial charge in [0.05, 0.1) is 77.8 Å². The maximum absolute atomic E-state index is 13.3. The van der Waals surface area contributed by atoms with Gasteiger partial charge in [0, 0.05) is 27.7 Å². The third-order valence-corrected chi connectivity index (χ3v) is 33.9. The van der Waals surface area contributed by atoms with Crippen LogP contribution in [-0.2, 0) is 101 Å². The van der Waals surface area contributed by atoms with Crippen molar-refractivity contribution in [2.45, 2.75) is 392 Å². The number of carbonyl (C=O) groups is 9. The molecule has 0 amide bonds. The molecule has 0 spiro atoms. The second-order valence-corrected chi connectivity index (χ2v) is 48.2. The SMILES string of the molecule is CCC(C)(C)C(=O)OC1(C)CCCC1.CCC(C)(C)C(=O)OC12CC3CC(C1)CC(C(=O)OC(CS(=O)(=O)[O-])C(F)(F)F)(C3)C2.CCC(C)(C)C(=O)OC1C2CC3C(=O)OC1C3O2.CCC(C)(C)C(=O)OC1C2CC3C(=O)OC1C3O2.CCC(C)(C)C(=O)Oc1cc(C)c(O)c(C)c1.CCC(C)(C)OC(=O)C(C)(C)CC.CCC(C)c1ccc(O)cc1.c1ccc(-[s+]2c3ccccc3c3ccccc32)cc1. The number of alkyl halides is 3. The van der Waals surface area contributed by atoms with Crippen molar-refractivity contribution in [2.75, 3.05) is 5.75 Å². The summed E-state index contributed by atoms with van der Waals surface area (Å²) in [7, 11) is -5.21. The number of hydrogen-bond donors (Lipinski definition) is 2. The number of esters is 9. The van der Waals surface area contributed by atoms with Crippen LogP contribution in [0, 0.1) is 75.4 Å². The zero-order valence-corrected chi connectivity index (χ0v) is 89.3. The Morgan fingerprint density at radius 2 is 0.922 bits per heavy atom. The van der Waals surface area contributed by atoms with Crippen molar-refractivity contribution in [2.24, 2.45) is 61.6 Å². The highest BCUT2D eigenvalue weighted by atomic mass is 32.2. The van der Waals surface area contributed by atoms with Gasteiger partial charge in [-0.2, -0.15) is 13.2 Å². The Kier molecular flexibility index (Phi) is 37.6. The van der Waals surface area contributed by atoms with E-state index >= 15 is 0 Å². The van der Waals surface area contributed by atoms with Crippen molar-refractivity contribution >= 4 is 94.5 Å². The largest absolute Gasteiger partial charge is 0.748 e. The summed E-state index contributed by atoms with van der Waals surface area (Å²) in [6, 6.07) is 39.2. The molecule has 6 aliphatic heterocycles. The van der Waals surface area contributed by atoms with E-state index in [4.69, 9.17) is 52.5 Å². The molecule has 6 saturated heterocycles. The van der Waals surface area contributed by atoms with Gasteiger partial charge in [0.1, 0.15) is 46.3 Å². The van der Waals surface area contributed by atoms with Crippen molar-refractivity contribution < 1.29 is 132 Å². The summed E-state index contributed by atoms with van der Waals surface area (Å²) >= 11 is 0. The van der Waals surface area contributed by atoms with Crippen LogP contribution in [0.25, 0.3) is 25.1 Å². The lowest BCUT2D eigenvalue weighted by Gasteiger charge is -2.60. The number of phenols is 2. The molecule has 141 heavy (non-hydrogen) atoms. The van der Waals surface area contributed by atoms with E-state index in [9.17, 15) is 74.4 Å². The average Bonchev–Trinajstić information content (AvgIpc) is 1.66. The second-order valence-electron chi connectivity index (χ2n) is 44.8. The number of thiophene rings is 1. The summed E-state index contributed by atoms with van der Waals surface area (Å²) in [6.45, 7) is 50.0. The summed E-state index contributed by atoms with van der Waals surface area (Å²) in [5, 5.41) is 21.4. The topological polar surface area (TPSA) is 353 Å². The van der Waals surface area contributed by atoms with Crippen molar-refractivity contribution in [3.05, 3.63) is 132 Å². The van der Waals surface area contributed by atoms with Gasteiger partial charge < -0.3 is 66.9 Å². The van der Waals surface area contributed by atoms with Crippen LogP contribution in [0.15, 0.2) is 115 Å². The molecule has 30 heteroatoms. The van der Waals surface area contributed by atoms with Crippen LogP contribution in [-0.4, -0.2) is 161 Å². The molecule has 11 aliphatic rings. The first-order valence-corrected chi connectivity index (χ1v) is 53.1. The number of rotatable bonds is 26. The van der Waals surface area contributed by atoms with Gasteiger partial charge >= 0.3 is 59.9 Å². The van der Waals surface area contributed by atoms with Crippen molar-refractivity contribution in [3.8, 4) is 22.1 Å². The summed E-state index contributed by atoms with van der Waals surface area (Å²) in [5.74, 6) is -3.34. The van der Waals surface area contributed by atoms with E-state index < -0.39 is 97.2 Å². The Balaban J connectivity index is 0.000000183. The van der Waals surface area contributed by atoms with Crippen molar-refractivity contribution in [3.63, 3.8) is 0 Å². The van der Waals surface area contributed by atoms with Crippen molar-refractivity contribution in [1.29, 1.82) is 0 Å². The van der Waals surface area contributed by atoms with E-state index in [1.165, 1.54) is 43.5 Å². The van der Waals surface area contributed by atoms with Crippen molar-refractivity contribution in [1.82, 2.24) is 0 Å². The molecule has 17 rings (SSSR count). The molecule has 7 heterocycles. The van der Waals surface area contributed by atoms with Gasteiger partial charge in [-0.3, -0.25) is 43.2 Å². The Hall–Kier alpha value is -9.23. The standard InChI is InChI=1S/C20H29F3O7S.C18H13S.C14H20O3.2C13H18O5.C12H22O2.C11H22O2.C10H14O/c1-4-17(2,3)15(24)30-19-8-12-5-13(9-19)7-18(6-12,11-19)16(25)29-14(20(21,22)23)10-31(26,27)28;1-2-8-14(9-3-1)19-17-12-6-4-10-15(17)16-11-5-7-13-18(16)19;1-6-14(4,5)13(16)17-11-7-9(2)12(15)10(3)8-11;2*1-4-13(2,3)12(15)18-9-7-5-6-8(16-7)10(9)17-11(6)14;1-5-11(2,3)10(13)14-12(4)8-6-7-9-12;1-7-10(3,4)9(12)13-11(5,6)8-2;1-3-8(2)9-4-6-10(11)7-5-9/h12-14H,4-11H2,1-3H3,(H,26,27,28);1-13H;7-8,15H,6H2,1-5H3;2*6-10H,4-5H2,1-3H3;5-9H2,1-4H3;7-8H2,1-6H3;4-8,11H,3H2,1-2H3/q;+1;;;;;;/p-1. The van der Waals surface area contributed by atoms with E-state index in [0.717, 1.165) is 51.4 Å². The van der Waals surface area contributed by atoms with E-state index in [0.29, 0.717) is 86.3 Å². The number of aromatic hydroxyl groups is 2. The maximum Gasteiger partial charge on any atom is 0.426 e. The van der Waals surface area contributed by atoms with Gasteiger partial charge in [0.25, 0.3) is 0 Å². The van der Waals surface area contributed by atoms with Crippen LogP contribution < -0.4 is 4.74 Å². The Morgan fingerprint density at radius 1 is 0.518 bits per heavy atom. The van der Waals surface area contributed by atoms with Crippen LogP contribution in [0.2, 0.25) is 0 Å². The number of aryl methyl sites for hydroxylation is 2. The Morgan fingerprint density at radius 3 is 1.33 bits per heavy atom.